The molecule has 7 nitrogen and oxygen atoms in total. The van der Waals surface area contributed by atoms with Gasteiger partial charge in [0.2, 0.25) is 0 Å². The largest absolute Gasteiger partial charge is 0.378 e. The van der Waals surface area contributed by atoms with Gasteiger partial charge in [-0.25, -0.2) is 13.6 Å². The Morgan fingerprint density at radius 1 is 1.12 bits per heavy atom. The average molecular weight is 461 g/mol. The molecule has 1 aliphatic heterocycles. The third kappa shape index (κ3) is 6.97. The first-order valence-corrected chi connectivity index (χ1v) is 10.8. The molecular formula is C24H30F2N4O3. The standard InChI is InChI=1S/C24H30F2N4O3/c1-24(2,15-27)16-30(22(31)18-11-19(25)13-20(26)12-18)14-17-4-3-5-21(10-17)28-23(32)29-6-8-33-9-7-29/h3-5,10-13H,6-9,14-16,27H2,1-2H3,(H,28,32). The van der Waals surface area contributed by atoms with Crippen LogP contribution in [0, 0.1) is 17.0 Å². The summed E-state index contributed by atoms with van der Waals surface area (Å²) in [4.78, 5) is 28.9. The predicted molar refractivity (Wildman–Crippen MR) is 122 cm³/mol. The first-order chi connectivity index (χ1) is 15.7. The van der Waals surface area contributed by atoms with E-state index in [1.54, 1.807) is 23.1 Å². The molecule has 9 heteroatoms. The molecule has 3 N–H and O–H groups in total. The third-order valence-corrected chi connectivity index (χ3v) is 5.42. The van der Waals surface area contributed by atoms with Gasteiger partial charge in [0.05, 0.1) is 13.2 Å². The molecule has 0 bridgehead atoms. The van der Waals surface area contributed by atoms with Crippen LogP contribution in [0.4, 0.5) is 19.3 Å². The zero-order chi connectivity index (χ0) is 24.0. The van der Waals surface area contributed by atoms with Gasteiger partial charge in [-0.3, -0.25) is 4.79 Å². The highest BCUT2D eigenvalue weighted by Gasteiger charge is 2.26. The second-order valence-corrected chi connectivity index (χ2v) is 8.92. The molecule has 0 aromatic heterocycles. The van der Waals surface area contributed by atoms with Crippen LogP contribution in [0.3, 0.4) is 0 Å². The maximum absolute atomic E-state index is 13.7. The van der Waals surface area contributed by atoms with Crippen molar-refractivity contribution in [3.8, 4) is 0 Å². The average Bonchev–Trinajstić information content (AvgIpc) is 2.78. The van der Waals surface area contributed by atoms with Crippen molar-refractivity contribution in [1.29, 1.82) is 0 Å². The number of nitrogens with two attached hydrogens (primary N) is 1. The Morgan fingerprint density at radius 3 is 2.42 bits per heavy atom. The SMILES string of the molecule is CC(C)(CN)CN(Cc1cccc(NC(=O)N2CCOCC2)c1)C(=O)c1cc(F)cc(F)c1. The van der Waals surface area contributed by atoms with Crippen LogP contribution in [0.5, 0.6) is 0 Å². The van der Waals surface area contributed by atoms with Crippen molar-refractivity contribution in [3.63, 3.8) is 0 Å². The number of hydrogen-bond acceptors (Lipinski definition) is 4. The molecule has 178 valence electrons. The fourth-order valence-electron chi connectivity index (χ4n) is 3.58. The molecule has 2 aromatic rings. The molecule has 0 aliphatic carbocycles. The maximum Gasteiger partial charge on any atom is 0.321 e. The smallest absolute Gasteiger partial charge is 0.321 e. The van der Waals surface area contributed by atoms with Crippen LogP contribution in [0.15, 0.2) is 42.5 Å². The molecule has 1 fully saturated rings. The molecule has 1 aliphatic rings. The van der Waals surface area contributed by atoms with E-state index in [0.717, 1.165) is 23.8 Å². The summed E-state index contributed by atoms with van der Waals surface area (Å²) in [5.74, 6) is -2.13. The van der Waals surface area contributed by atoms with E-state index in [4.69, 9.17) is 10.5 Å². The number of anilines is 1. The number of nitrogens with zero attached hydrogens (tertiary/aromatic N) is 2. The minimum absolute atomic E-state index is 0.0721. The summed E-state index contributed by atoms with van der Waals surface area (Å²) in [6.45, 7) is 6.66. The molecule has 1 saturated heterocycles. The first kappa shape index (κ1) is 24.6. The Kier molecular flexibility index (Phi) is 7.99. The van der Waals surface area contributed by atoms with Gasteiger partial charge in [-0.05, 0) is 41.8 Å². The van der Waals surface area contributed by atoms with Crippen LogP contribution < -0.4 is 11.1 Å². The van der Waals surface area contributed by atoms with Crippen LogP contribution in [-0.4, -0.2) is 61.1 Å². The Bertz CT molecular complexity index is 973. The minimum atomic E-state index is -0.816. The van der Waals surface area contributed by atoms with E-state index in [1.165, 1.54) is 4.90 Å². The van der Waals surface area contributed by atoms with E-state index in [-0.39, 0.29) is 24.7 Å². The number of carbonyl (C=O) groups is 2. The number of amides is 3. The summed E-state index contributed by atoms with van der Waals surface area (Å²) < 4.78 is 32.7. The quantitative estimate of drug-likeness (QED) is 0.663. The van der Waals surface area contributed by atoms with Crippen molar-refractivity contribution in [2.24, 2.45) is 11.1 Å². The molecule has 3 amide bonds. The first-order valence-electron chi connectivity index (χ1n) is 10.8. The molecule has 1 heterocycles. The zero-order valence-electron chi connectivity index (χ0n) is 18.9. The highest BCUT2D eigenvalue weighted by atomic mass is 19.1. The van der Waals surface area contributed by atoms with Gasteiger partial charge < -0.3 is 25.6 Å². The lowest BCUT2D eigenvalue weighted by Crippen LogP contribution is -2.43. The van der Waals surface area contributed by atoms with Crippen LogP contribution in [-0.2, 0) is 11.3 Å². The van der Waals surface area contributed by atoms with Crippen molar-refractivity contribution in [1.82, 2.24) is 9.80 Å². The highest BCUT2D eigenvalue weighted by Crippen LogP contribution is 2.22. The Balaban J connectivity index is 1.79. The van der Waals surface area contributed by atoms with Crippen LogP contribution in [0.2, 0.25) is 0 Å². The summed E-state index contributed by atoms with van der Waals surface area (Å²) in [6.07, 6.45) is 0. The van der Waals surface area contributed by atoms with Crippen molar-refractivity contribution in [2.75, 3.05) is 44.7 Å². The lowest BCUT2D eigenvalue weighted by atomic mass is 9.92. The van der Waals surface area contributed by atoms with Gasteiger partial charge in [0.25, 0.3) is 5.91 Å². The van der Waals surface area contributed by atoms with Crippen LogP contribution in [0.25, 0.3) is 0 Å². The molecule has 0 radical (unpaired) electrons. The topological polar surface area (TPSA) is 87.9 Å². The second kappa shape index (κ2) is 10.7. The van der Waals surface area contributed by atoms with Gasteiger partial charge in [0.1, 0.15) is 11.6 Å². The molecule has 0 saturated carbocycles. The van der Waals surface area contributed by atoms with Gasteiger partial charge >= 0.3 is 6.03 Å². The fraction of sp³-hybridized carbons (Fsp3) is 0.417. The summed E-state index contributed by atoms with van der Waals surface area (Å²) >= 11 is 0. The van der Waals surface area contributed by atoms with Crippen molar-refractivity contribution < 1.29 is 23.1 Å². The normalized spacial score (nSPS) is 14.2. The number of nitrogens with one attached hydrogen (secondary N) is 1. The van der Waals surface area contributed by atoms with Gasteiger partial charge in [0.15, 0.2) is 0 Å². The summed E-state index contributed by atoms with van der Waals surface area (Å²) in [5.41, 5.74) is 6.73. The van der Waals surface area contributed by atoms with E-state index in [2.05, 4.69) is 5.32 Å². The molecule has 3 rings (SSSR count). The van der Waals surface area contributed by atoms with E-state index >= 15 is 0 Å². The molecular weight excluding hydrogens is 430 g/mol. The van der Waals surface area contributed by atoms with Gasteiger partial charge in [0, 0.05) is 43.5 Å². The number of morpholine rings is 1. The second-order valence-electron chi connectivity index (χ2n) is 8.92. The van der Waals surface area contributed by atoms with Crippen molar-refractivity contribution in [3.05, 3.63) is 65.2 Å². The minimum Gasteiger partial charge on any atom is -0.378 e. The predicted octanol–water partition coefficient (Wildman–Crippen LogP) is 3.46. The fourth-order valence-corrected chi connectivity index (χ4v) is 3.58. The molecule has 33 heavy (non-hydrogen) atoms. The molecule has 2 aromatic carbocycles. The molecule has 0 atom stereocenters. The van der Waals surface area contributed by atoms with Crippen LogP contribution in [0.1, 0.15) is 29.8 Å². The Labute approximate surface area is 192 Å². The number of halogens is 2. The monoisotopic (exact) mass is 460 g/mol. The van der Waals surface area contributed by atoms with Gasteiger partial charge in [-0.1, -0.05) is 26.0 Å². The number of hydrogen-bond donors (Lipinski definition) is 2. The van der Waals surface area contributed by atoms with E-state index in [1.807, 2.05) is 19.9 Å². The summed E-state index contributed by atoms with van der Waals surface area (Å²) in [7, 11) is 0. The van der Waals surface area contributed by atoms with Gasteiger partial charge in [-0.15, -0.1) is 0 Å². The third-order valence-electron chi connectivity index (χ3n) is 5.42. The molecule has 0 spiro atoms. The van der Waals surface area contributed by atoms with E-state index in [9.17, 15) is 18.4 Å². The maximum atomic E-state index is 13.7. The van der Waals surface area contributed by atoms with Crippen molar-refractivity contribution >= 4 is 17.6 Å². The van der Waals surface area contributed by atoms with Crippen LogP contribution >= 0.6 is 0 Å². The number of ether oxygens (including phenoxy) is 1. The number of benzene rings is 2. The van der Waals surface area contributed by atoms with Crippen molar-refractivity contribution in [2.45, 2.75) is 20.4 Å². The Morgan fingerprint density at radius 2 is 1.79 bits per heavy atom. The molecule has 0 unspecified atom stereocenters. The number of rotatable bonds is 7. The van der Waals surface area contributed by atoms with E-state index < -0.39 is 23.0 Å². The summed E-state index contributed by atoms with van der Waals surface area (Å²) in [5, 5.41) is 2.87. The number of carbonyl (C=O) groups excluding carboxylic acids is 2. The highest BCUT2D eigenvalue weighted by molar-refractivity contribution is 5.94. The lowest BCUT2D eigenvalue weighted by molar-refractivity contribution is 0.0564. The summed E-state index contributed by atoms with van der Waals surface area (Å²) in [6, 6.07) is 9.70. The number of urea groups is 1. The van der Waals surface area contributed by atoms with Gasteiger partial charge in [-0.2, -0.15) is 0 Å². The van der Waals surface area contributed by atoms with E-state index in [0.29, 0.717) is 38.5 Å². The lowest BCUT2D eigenvalue weighted by Gasteiger charge is -2.32. The Hall–Kier alpha value is -3.04. The zero-order valence-corrected chi connectivity index (χ0v) is 18.9.